The number of aliphatic hydroxyl groups excluding tert-OH is 1. The molecule has 0 aromatic carbocycles. The molecule has 0 atom stereocenters. The molecule has 1 aromatic heterocycles. The molecule has 0 aliphatic heterocycles. The lowest BCUT2D eigenvalue weighted by Gasteiger charge is -2.27. The largest absolute Gasteiger partial charge is 0.393 e. The summed E-state index contributed by atoms with van der Waals surface area (Å²) in [6.45, 7) is 0. The minimum Gasteiger partial charge on any atom is -0.393 e. The highest BCUT2D eigenvalue weighted by Gasteiger charge is 2.25. The number of anilines is 1. The van der Waals surface area contributed by atoms with Crippen molar-refractivity contribution >= 4 is 5.69 Å². The van der Waals surface area contributed by atoms with E-state index in [0.29, 0.717) is 25.7 Å². The summed E-state index contributed by atoms with van der Waals surface area (Å²) < 4.78 is 52.4. The smallest absolute Gasteiger partial charge is 0.253 e. The zero-order valence-electron chi connectivity index (χ0n) is 9.39. The lowest BCUT2D eigenvalue weighted by atomic mass is 9.93. The molecule has 2 rings (SSSR count). The van der Waals surface area contributed by atoms with Gasteiger partial charge in [-0.05, 0) is 25.7 Å². The van der Waals surface area contributed by atoms with Crippen molar-refractivity contribution in [1.29, 1.82) is 0 Å². The van der Waals surface area contributed by atoms with Crippen molar-refractivity contribution in [2.75, 3.05) is 5.32 Å². The van der Waals surface area contributed by atoms with E-state index in [4.69, 9.17) is 0 Å². The van der Waals surface area contributed by atoms with Gasteiger partial charge < -0.3 is 10.4 Å². The summed E-state index contributed by atoms with van der Waals surface area (Å²) in [4.78, 5) is 2.48. The normalized spacial score (nSPS) is 24.1. The number of aliphatic hydroxyl groups is 1. The van der Waals surface area contributed by atoms with Crippen molar-refractivity contribution in [3.63, 3.8) is 0 Å². The van der Waals surface area contributed by atoms with E-state index in [1.54, 1.807) is 0 Å². The van der Waals surface area contributed by atoms with Crippen molar-refractivity contribution in [2.24, 2.45) is 0 Å². The van der Waals surface area contributed by atoms with Gasteiger partial charge >= 0.3 is 0 Å². The maximum absolute atomic E-state index is 13.3. The van der Waals surface area contributed by atoms with Crippen LogP contribution >= 0.6 is 0 Å². The van der Waals surface area contributed by atoms with Crippen LogP contribution in [0.15, 0.2) is 0 Å². The van der Waals surface area contributed by atoms with Crippen LogP contribution in [0.5, 0.6) is 0 Å². The van der Waals surface area contributed by atoms with Crippen LogP contribution in [0, 0.1) is 23.5 Å². The first-order chi connectivity index (χ1) is 8.49. The van der Waals surface area contributed by atoms with Crippen LogP contribution in [-0.2, 0) is 0 Å². The maximum atomic E-state index is 13.3. The van der Waals surface area contributed by atoms with E-state index < -0.39 is 35.3 Å². The van der Waals surface area contributed by atoms with E-state index in [-0.39, 0.29) is 6.04 Å². The average Bonchev–Trinajstić information content (AvgIpc) is 2.34. The SMILES string of the molecule is OC1CCC(Nc2c(F)c(F)nc(F)c2F)CC1. The molecule has 1 heterocycles. The molecule has 1 aliphatic carbocycles. The number of hydrogen-bond donors (Lipinski definition) is 2. The van der Waals surface area contributed by atoms with Gasteiger partial charge in [0.15, 0.2) is 0 Å². The van der Waals surface area contributed by atoms with Crippen LogP contribution in [0.2, 0.25) is 0 Å². The highest BCUT2D eigenvalue weighted by atomic mass is 19.2. The van der Waals surface area contributed by atoms with E-state index in [1.165, 1.54) is 0 Å². The van der Waals surface area contributed by atoms with Crippen molar-refractivity contribution in [2.45, 2.75) is 37.8 Å². The van der Waals surface area contributed by atoms with Gasteiger partial charge in [0.05, 0.1) is 6.10 Å². The zero-order chi connectivity index (χ0) is 13.3. The summed E-state index contributed by atoms with van der Waals surface area (Å²) >= 11 is 0. The minimum absolute atomic E-state index is 0.321. The average molecular weight is 264 g/mol. The number of hydrogen-bond acceptors (Lipinski definition) is 3. The van der Waals surface area contributed by atoms with E-state index in [9.17, 15) is 22.7 Å². The third-order valence-electron chi connectivity index (χ3n) is 3.04. The monoisotopic (exact) mass is 264 g/mol. The van der Waals surface area contributed by atoms with Crippen LogP contribution in [-0.4, -0.2) is 22.2 Å². The Morgan fingerprint density at radius 3 is 1.94 bits per heavy atom. The van der Waals surface area contributed by atoms with Crippen LogP contribution in [0.3, 0.4) is 0 Å². The maximum Gasteiger partial charge on any atom is 0.253 e. The predicted octanol–water partition coefficient (Wildman–Crippen LogP) is 2.35. The molecule has 0 bridgehead atoms. The lowest BCUT2D eigenvalue weighted by Crippen LogP contribution is -2.29. The molecule has 1 aromatic rings. The number of rotatable bonds is 2. The van der Waals surface area contributed by atoms with Crippen molar-refractivity contribution < 1.29 is 22.7 Å². The van der Waals surface area contributed by atoms with Gasteiger partial charge in [-0.25, -0.2) is 0 Å². The summed E-state index contributed by atoms with van der Waals surface area (Å²) in [5, 5.41) is 11.7. The Labute approximate surface area is 101 Å². The Morgan fingerprint density at radius 2 is 1.44 bits per heavy atom. The van der Waals surface area contributed by atoms with Crippen LogP contribution in [0.25, 0.3) is 0 Å². The molecule has 1 aliphatic rings. The van der Waals surface area contributed by atoms with E-state index in [2.05, 4.69) is 10.3 Å². The first-order valence-electron chi connectivity index (χ1n) is 5.63. The Balaban J connectivity index is 2.18. The Bertz CT molecular complexity index is 421. The van der Waals surface area contributed by atoms with Gasteiger partial charge in [0, 0.05) is 6.04 Å². The van der Waals surface area contributed by atoms with Crippen LogP contribution in [0.4, 0.5) is 23.2 Å². The predicted molar refractivity (Wildman–Crippen MR) is 56.0 cm³/mol. The van der Waals surface area contributed by atoms with E-state index in [0.717, 1.165) is 0 Å². The van der Waals surface area contributed by atoms with Crippen molar-refractivity contribution in [3.8, 4) is 0 Å². The van der Waals surface area contributed by atoms with Gasteiger partial charge in [0.2, 0.25) is 11.6 Å². The molecule has 0 radical (unpaired) electrons. The summed E-state index contributed by atoms with van der Waals surface area (Å²) in [6, 6.07) is -0.321. The van der Waals surface area contributed by atoms with Crippen molar-refractivity contribution in [1.82, 2.24) is 4.98 Å². The van der Waals surface area contributed by atoms with Gasteiger partial charge in [0.25, 0.3) is 11.9 Å². The molecule has 0 saturated heterocycles. The minimum atomic E-state index is -1.67. The molecule has 0 amide bonds. The highest BCUT2D eigenvalue weighted by molar-refractivity contribution is 5.46. The highest BCUT2D eigenvalue weighted by Crippen LogP contribution is 2.27. The van der Waals surface area contributed by atoms with Crippen LogP contribution in [0.1, 0.15) is 25.7 Å². The summed E-state index contributed by atoms with van der Waals surface area (Å²) in [5.74, 6) is -6.40. The molecule has 0 spiro atoms. The molecule has 3 nitrogen and oxygen atoms in total. The number of pyridine rings is 1. The number of nitrogens with one attached hydrogen (secondary N) is 1. The summed E-state index contributed by atoms with van der Waals surface area (Å²) in [6.07, 6.45) is 1.49. The Kier molecular flexibility index (Phi) is 3.70. The van der Waals surface area contributed by atoms with Gasteiger partial charge in [-0.15, -0.1) is 0 Å². The molecular weight excluding hydrogens is 252 g/mol. The van der Waals surface area contributed by atoms with Gasteiger partial charge in [0.1, 0.15) is 5.69 Å². The molecule has 2 N–H and O–H groups in total. The second-order valence-corrected chi connectivity index (χ2v) is 4.35. The summed E-state index contributed by atoms with van der Waals surface area (Å²) in [5.41, 5.74) is -0.832. The summed E-state index contributed by atoms with van der Waals surface area (Å²) in [7, 11) is 0. The van der Waals surface area contributed by atoms with Gasteiger partial charge in [-0.3, -0.25) is 0 Å². The molecule has 1 saturated carbocycles. The quantitative estimate of drug-likeness (QED) is 0.636. The second-order valence-electron chi connectivity index (χ2n) is 4.35. The fourth-order valence-corrected chi connectivity index (χ4v) is 2.04. The number of nitrogens with zero attached hydrogens (tertiary/aromatic N) is 1. The molecule has 18 heavy (non-hydrogen) atoms. The molecule has 7 heteroatoms. The van der Waals surface area contributed by atoms with Gasteiger partial charge in [-0.1, -0.05) is 0 Å². The molecule has 100 valence electrons. The topological polar surface area (TPSA) is 45.1 Å². The molecule has 0 unspecified atom stereocenters. The fraction of sp³-hybridized carbons (Fsp3) is 0.545. The Morgan fingerprint density at radius 1 is 0.944 bits per heavy atom. The molecule has 1 fully saturated rings. The van der Waals surface area contributed by atoms with E-state index in [1.807, 2.05) is 0 Å². The third kappa shape index (κ3) is 2.55. The first kappa shape index (κ1) is 13.1. The lowest BCUT2D eigenvalue weighted by molar-refractivity contribution is 0.126. The number of halogens is 4. The first-order valence-corrected chi connectivity index (χ1v) is 5.63. The van der Waals surface area contributed by atoms with Crippen molar-refractivity contribution in [3.05, 3.63) is 23.5 Å². The van der Waals surface area contributed by atoms with E-state index >= 15 is 0 Å². The van der Waals surface area contributed by atoms with Crippen LogP contribution < -0.4 is 5.32 Å². The Hall–Kier alpha value is -1.37. The number of aromatic nitrogens is 1. The standard InChI is InChI=1S/C11H12F4N2O/c12-7-9(8(13)11(15)17-10(7)14)16-5-1-3-6(18)4-2-5/h5-6,18H,1-4H2,(H,16,17). The second kappa shape index (κ2) is 5.09. The zero-order valence-corrected chi connectivity index (χ0v) is 9.39. The third-order valence-corrected chi connectivity index (χ3v) is 3.04. The van der Waals surface area contributed by atoms with Gasteiger partial charge in [-0.2, -0.15) is 22.5 Å². The molecular formula is C11H12F4N2O. The fourth-order valence-electron chi connectivity index (χ4n) is 2.04.